The van der Waals surface area contributed by atoms with Gasteiger partial charge >= 0.3 is 17.9 Å². The molecule has 194 valence electrons. The number of rotatable bonds is 10. The van der Waals surface area contributed by atoms with Gasteiger partial charge in [-0.2, -0.15) is 0 Å². The van der Waals surface area contributed by atoms with Crippen LogP contribution in [-0.2, 0) is 14.4 Å². The predicted molar refractivity (Wildman–Crippen MR) is 127 cm³/mol. The van der Waals surface area contributed by atoms with E-state index in [2.05, 4.69) is 16.7 Å². The SMILES string of the molecule is CC(CN1CCCC1C(=O)c1ccccc1)N1CCCCC1.O=C(O)CC(O)(CC(=O)O)C(=O)O. The molecule has 0 aromatic heterocycles. The van der Waals surface area contributed by atoms with Crippen molar-refractivity contribution in [2.45, 2.75) is 69.6 Å². The highest BCUT2D eigenvalue weighted by Crippen LogP contribution is 2.23. The van der Waals surface area contributed by atoms with E-state index < -0.39 is 36.4 Å². The maximum absolute atomic E-state index is 12.8. The highest BCUT2D eigenvalue weighted by Gasteiger charge is 2.40. The van der Waals surface area contributed by atoms with E-state index in [1.54, 1.807) is 0 Å². The van der Waals surface area contributed by atoms with Crippen LogP contribution < -0.4 is 0 Å². The fourth-order valence-corrected chi connectivity index (χ4v) is 4.66. The Bertz CT molecular complexity index is 853. The molecule has 10 heteroatoms. The number of carboxylic acids is 3. The second-order valence-corrected chi connectivity index (χ2v) is 9.31. The second-order valence-electron chi connectivity index (χ2n) is 9.31. The van der Waals surface area contributed by atoms with Gasteiger partial charge in [0.2, 0.25) is 0 Å². The van der Waals surface area contributed by atoms with Crippen LogP contribution in [-0.4, -0.2) is 97.8 Å². The molecule has 2 saturated heterocycles. The van der Waals surface area contributed by atoms with Crippen LogP contribution in [0.5, 0.6) is 0 Å². The first-order valence-electron chi connectivity index (χ1n) is 12.0. The first-order valence-corrected chi connectivity index (χ1v) is 12.0. The van der Waals surface area contributed by atoms with Crippen LogP contribution in [0.25, 0.3) is 0 Å². The van der Waals surface area contributed by atoms with E-state index in [0.29, 0.717) is 11.8 Å². The van der Waals surface area contributed by atoms with Crippen LogP contribution in [0.2, 0.25) is 0 Å². The largest absolute Gasteiger partial charge is 0.481 e. The molecule has 0 aliphatic carbocycles. The van der Waals surface area contributed by atoms with Gasteiger partial charge in [0.25, 0.3) is 0 Å². The number of carboxylic acid groups (broad SMARTS) is 3. The Hall–Kier alpha value is -2.82. The molecule has 0 radical (unpaired) electrons. The van der Waals surface area contributed by atoms with Crippen molar-refractivity contribution in [3.8, 4) is 0 Å². The molecule has 2 unspecified atom stereocenters. The zero-order valence-electron chi connectivity index (χ0n) is 20.1. The monoisotopic (exact) mass is 492 g/mol. The van der Waals surface area contributed by atoms with Gasteiger partial charge in [0.15, 0.2) is 11.4 Å². The number of aliphatic hydroxyl groups is 1. The molecule has 4 N–H and O–H groups in total. The summed E-state index contributed by atoms with van der Waals surface area (Å²) in [7, 11) is 0. The van der Waals surface area contributed by atoms with E-state index in [1.165, 1.54) is 32.4 Å². The molecule has 2 aliphatic heterocycles. The van der Waals surface area contributed by atoms with E-state index in [-0.39, 0.29) is 6.04 Å². The average Bonchev–Trinajstić information content (AvgIpc) is 3.27. The standard InChI is InChI=1S/C19H28N2O.C6H8O7/c1-16(20-12-6-3-7-13-20)15-21-14-8-11-18(21)19(22)17-9-4-2-5-10-17;7-3(8)1-6(13,5(11)12)2-4(9)10/h2,4-5,9-10,16,18H,3,6-8,11-15H2,1H3;13H,1-2H2,(H,7,8)(H,9,10)(H,11,12). The van der Waals surface area contributed by atoms with E-state index in [4.69, 9.17) is 20.4 Å². The van der Waals surface area contributed by atoms with Crippen LogP contribution in [0.1, 0.15) is 62.2 Å². The van der Waals surface area contributed by atoms with Crippen molar-refractivity contribution in [2.24, 2.45) is 0 Å². The highest BCUT2D eigenvalue weighted by molar-refractivity contribution is 6.00. The molecule has 10 nitrogen and oxygen atoms in total. The molecule has 2 aliphatic rings. The number of likely N-dealkylation sites (tertiary alicyclic amines) is 2. The molecule has 3 rings (SSSR count). The molecule has 2 fully saturated rings. The molecule has 0 bridgehead atoms. The maximum atomic E-state index is 12.8. The summed E-state index contributed by atoms with van der Waals surface area (Å²) < 4.78 is 0. The van der Waals surface area contributed by atoms with Gasteiger partial charge in [0, 0.05) is 18.2 Å². The van der Waals surface area contributed by atoms with E-state index in [1.807, 2.05) is 30.3 Å². The zero-order chi connectivity index (χ0) is 26.0. The maximum Gasteiger partial charge on any atom is 0.336 e. The van der Waals surface area contributed by atoms with E-state index >= 15 is 0 Å². The number of carbonyl (C=O) groups is 4. The summed E-state index contributed by atoms with van der Waals surface area (Å²) in [6.07, 6.45) is 3.91. The lowest BCUT2D eigenvalue weighted by Gasteiger charge is -2.36. The number of ketones is 1. The molecular weight excluding hydrogens is 456 g/mol. The summed E-state index contributed by atoms with van der Waals surface area (Å²) in [5.41, 5.74) is -1.87. The first kappa shape index (κ1) is 28.4. The van der Waals surface area contributed by atoms with Crippen molar-refractivity contribution in [3.63, 3.8) is 0 Å². The van der Waals surface area contributed by atoms with Gasteiger partial charge in [-0.15, -0.1) is 0 Å². The van der Waals surface area contributed by atoms with Crippen LogP contribution in [0, 0.1) is 0 Å². The number of hydrogen-bond donors (Lipinski definition) is 4. The lowest BCUT2D eigenvalue weighted by molar-refractivity contribution is -0.170. The van der Waals surface area contributed by atoms with Gasteiger partial charge in [-0.25, -0.2) is 4.79 Å². The van der Waals surface area contributed by atoms with Crippen molar-refractivity contribution in [1.82, 2.24) is 9.80 Å². The summed E-state index contributed by atoms with van der Waals surface area (Å²) in [4.78, 5) is 48.3. The first-order chi connectivity index (χ1) is 16.5. The van der Waals surface area contributed by atoms with Crippen LogP contribution in [0.15, 0.2) is 30.3 Å². The van der Waals surface area contributed by atoms with Crippen molar-refractivity contribution >= 4 is 23.7 Å². The van der Waals surface area contributed by atoms with Crippen LogP contribution in [0.3, 0.4) is 0 Å². The molecule has 0 amide bonds. The third-order valence-electron chi connectivity index (χ3n) is 6.52. The molecule has 2 atom stereocenters. The Labute approximate surface area is 205 Å². The second kappa shape index (κ2) is 13.3. The third kappa shape index (κ3) is 8.72. The van der Waals surface area contributed by atoms with Crippen molar-refractivity contribution in [3.05, 3.63) is 35.9 Å². The summed E-state index contributed by atoms with van der Waals surface area (Å²) in [6, 6.07) is 10.5. The summed E-state index contributed by atoms with van der Waals surface area (Å²) in [5.74, 6) is -4.71. The smallest absolute Gasteiger partial charge is 0.336 e. The number of benzene rings is 1. The summed E-state index contributed by atoms with van der Waals surface area (Å²) in [6.45, 7) is 6.89. The predicted octanol–water partition coefficient (Wildman–Crippen LogP) is 1.96. The Morgan fingerprint density at radius 1 is 0.914 bits per heavy atom. The fraction of sp³-hybridized carbons (Fsp3) is 0.600. The third-order valence-corrected chi connectivity index (χ3v) is 6.52. The van der Waals surface area contributed by atoms with Gasteiger partial charge in [0.1, 0.15) is 0 Å². The van der Waals surface area contributed by atoms with Gasteiger partial charge in [0.05, 0.1) is 18.9 Å². The van der Waals surface area contributed by atoms with Crippen molar-refractivity contribution in [1.29, 1.82) is 0 Å². The molecule has 0 saturated carbocycles. The number of carbonyl (C=O) groups excluding carboxylic acids is 1. The quantitative estimate of drug-likeness (QED) is 0.356. The van der Waals surface area contributed by atoms with E-state index in [0.717, 1.165) is 31.5 Å². The normalized spacial score (nSPS) is 19.9. The minimum absolute atomic E-state index is 0.0923. The molecule has 1 aromatic carbocycles. The van der Waals surface area contributed by atoms with Gasteiger partial charge in [-0.3, -0.25) is 24.2 Å². The van der Waals surface area contributed by atoms with Crippen LogP contribution in [0.4, 0.5) is 0 Å². The summed E-state index contributed by atoms with van der Waals surface area (Å²) in [5, 5.41) is 33.8. The van der Waals surface area contributed by atoms with Crippen molar-refractivity contribution < 1.29 is 39.6 Å². The number of piperidine rings is 1. The molecule has 1 aromatic rings. The average molecular weight is 493 g/mol. The molecule has 0 spiro atoms. The Morgan fingerprint density at radius 3 is 2.00 bits per heavy atom. The number of Topliss-reactive ketones (excluding diaryl/α,β-unsaturated/α-hetero) is 1. The topological polar surface area (TPSA) is 156 Å². The van der Waals surface area contributed by atoms with Crippen molar-refractivity contribution in [2.75, 3.05) is 26.2 Å². The van der Waals surface area contributed by atoms with Gasteiger partial charge in [-0.1, -0.05) is 36.8 Å². The Morgan fingerprint density at radius 2 is 1.49 bits per heavy atom. The molecular formula is C25H36N2O8. The Balaban J connectivity index is 0.000000287. The molecule has 35 heavy (non-hydrogen) atoms. The minimum Gasteiger partial charge on any atom is -0.481 e. The van der Waals surface area contributed by atoms with Gasteiger partial charge in [-0.05, 0) is 52.2 Å². The minimum atomic E-state index is -2.74. The van der Waals surface area contributed by atoms with Crippen LogP contribution >= 0.6 is 0 Å². The fourth-order valence-electron chi connectivity index (χ4n) is 4.66. The lowest BCUT2D eigenvalue weighted by Crippen LogP contribution is -2.47. The van der Waals surface area contributed by atoms with E-state index in [9.17, 15) is 19.2 Å². The number of nitrogens with zero attached hydrogens (tertiary/aromatic N) is 2. The number of aliphatic carboxylic acids is 3. The Kier molecular flexibility index (Phi) is 10.8. The zero-order valence-corrected chi connectivity index (χ0v) is 20.1. The highest BCUT2D eigenvalue weighted by atomic mass is 16.4. The summed E-state index contributed by atoms with van der Waals surface area (Å²) >= 11 is 0. The number of hydrogen-bond acceptors (Lipinski definition) is 7. The molecule has 2 heterocycles. The lowest BCUT2D eigenvalue weighted by atomic mass is 9.96. The van der Waals surface area contributed by atoms with Gasteiger partial charge < -0.3 is 20.4 Å².